The fraction of sp³-hybridized carbons (Fsp3) is 0.269. The van der Waals surface area contributed by atoms with E-state index in [2.05, 4.69) is 130 Å². The molecule has 3 rings (SSSR count). The smallest absolute Gasteiger partial charge is 0.199 e. The zero-order chi connectivity index (χ0) is 21.1. The largest absolute Gasteiger partial charge is 1.00 e. The Morgan fingerprint density at radius 3 is 1.77 bits per heavy atom. The molecule has 0 heterocycles. The Labute approximate surface area is 187 Å². The molecule has 0 saturated heterocycles. The molecule has 0 unspecified atom stereocenters. The number of aryl methyl sites for hydroxylation is 1. The van der Waals surface area contributed by atoms with Crippen LogP contribution in [0.25, 0.3) is 5.57 Å². The number of hydrogen-bond acceptors (Lipinski definition) is 2. The van der Waals surface area contributed by atoms with Gasteiger partial charge in [-0.05, 0) is 71.2 Å². The quantitative estimate of drug-likeness (QED) is 0.696. The Bertz CT molecular complexity index is 1000. The number of halogens is 1. The van der Waals surface area contributed by atoms with Crippen molar-refractivity contribution in [2.24, 2.45) is 0 Å². The molecule has 2 aromatic carbocycles. The lowest BCUT2D eigenvalue weighted by molar-refractivity contribution is -0.462. The maximum absolute atomic E-state index is 2.30. The van der Waals surface area contributed by atoms with E-state index in [1.807, 2.05) is 0 Å². The molecule has 0 atom stereocenters. The topological polar surface area (TPSA) is 9.49 Å². The second-order valence-corrected chi connectivity index (χ2v) is 8.15. The molecular formula is C26H32ClN3. The summed E-state index contributed by atoms with van der Waals surface area (Å²) in [5.74, 6) is 0. The molecule has 0 aliphatic heterocycles. The van der Waals surface area contributed by atoms with E-state index >= 15 is 0 Å². The Balaban J connectivity index is 0.00000320. The van der Waals surface area contributed by atoms with Crippen molar-refractivity contribution in [2.75, 3.05) is 52.1 Å². The monoisotopic (exact) mass is 421 g/mol. The van der Waals surface area contributed by atoms with Crippen LogP contribution in [0.5, 0.6) is 0 Å². The highest BCUT2D eigenvalue weighted by Crippen LogP contribution is 2.34. The van der Waals surface area contributed by atoms with Gasteiger partial charge in [-0.3, -0.25) is 0 Å². The van der Waals surface area contributed by atoms with Gasteiger partial charge in [0.25, 0.3) is 0 Å². The maximum atomic E-state index is 2.30. The van der Waals surface area contributed by atoms with Crippen molar-refractivity contribution in [3.63, 3.8) is 0 Å². The van der Waals surface area contributed by atoms with Gasteiger partial charge in [0.2, 0.25) is 0 Å². The summed E-state index contributed by atoms with van der Waals surface area (Å²) in [7, 11) is 12.5. The number of allylic oxidation sites excluding steroid dienone is 5. The standard InChI is InChI=1S/C26H32N3.ClH/c1-19-8-13-24(29(6)7)18-25(19)26(20-9-14-22(15-10-20)27(2)3)21-11-16-23(17-12-21)28(4)5;/h8-18H,1-7H3;1H/q+1;/p-1. The molecule has 1 aliphatic rings. The SMILES string of the molecule is Cc1ccc(N(C)C)cc1C(=C1C=CC(=[N+](C)C)C=C1)c1ccc(N(C)C)cc1.[Cl-]. The summed E-state index contributed by atoms with van der Waals surface area (Å²) in [5, 5.41) is 0. The molecule has 30 heavy (non-hydrogen) atoms. The van der Waals surface area contributed by atoms with E-state index in [9.17, 15) is 0 Å². The first kappa shape index (κ1) is 23.5. The number of hydrogen-bond donors (Lipinski definition) is 0. The number of benzene rings is 2. The van der Waals surface area contributed by atoms with Gasteiger partial charge in [0, 0.05) is 51.7 Å². The summed E-state index contributed by atoms with van der Waals surface area (Å²) in [6, 6.07) is 15.5. The molecule has 0 bridgehead atoms. The fourth-order valence-corrected chi connectivity index (χ4v) is 3.49. The van der Waals surface area contributed by atoms with E-state index in [0.717, 1.165) is 0 Å². The van der Waals surface area contributed by atoms with E-state index < -0.39 is 0 Å². The van der Waals surface area contributed by atoms with Crippen molar-refractivity contribution >= 4 is 22.7 Å². The lowest BCUT2D eigenvalue weighted by atomic mass is 9.88. The average Bonchev–Trinajstić information content (AvgIpc) is 2.70. The van der Waals surface area contributed by atoms with Gasteiger partial charge in [-0.1, -0.05) is 18.2 Å². The third kappa shape index (κ3) is 5.03. The van der Waals surface area contributed by atoms with Crippen LogP contribution in [-0.2, 0) is 0 Å². The lowest BCUT2D eigenvalue weighted by Crippen LogP contribution is -3.00. The van der Waals surface area contributed by atoms with Gasteiger partial charge in [-0.15, -0.1) is 0 Å². The molecule has 1 aliphatic carbocycles. The predicted octanol–water partition coefficient (Wildman–Crippen LogP) is 1.77. The van der Waals surface area contributed by atoms with Crippen LogP contribution in [0.3, 0.4) is 0 Å². The van der Waals surface area contributed by atoms with Gasteiger partial charge < -0.3 is 22.2 Å². The van der Waals surface area contributed by atoms with E-state index in [4.69, 9.17) is 0 Å². The second-order valence-electron chi connectivity index (χ2n) is 8.15. The van der Waals surface area contributed by atoms with Crippen molar-refractivity contribution in [3.05, 3.63) is 89.0 Å². The third-order valence-corrected chi connectivity index (χ3v) is 5.35. The molecule has 0 N–H and O–H groups in total. The Kier molecular flexibility index (Phi) is 7.69. The molecular weight excluding hydrogens is 390 g/mol. The normalized spacial score (nSPS) is 12.5. The first-order chi connectivity index (χ1) is 13.8. The van der Waals surface area contributed by atoms with E-state index in [-0.39, 0.29) is 12.4 Å². The molecule has 158 valence electrons. The second kappa shape index (κ2) is 9.82. The van der Waals surface area contributed by atoms with Gasteiger partial charge in [0.1, 0.15) is 14.1 Å². The highest BCUT2D eigenvalue weighted by molar-refractivity contribution is 6.04. The van der Waals surface area contributed by atoms with E-state index in [1.165, 1.54) is 44.9 Å². The predicted molar refractivity (Wildman–Crippen MR) is 128 cm³/mol. The van der Waals surface area contributed by atoms with Crippen LogP contribution >= 0.6 is 0 Å². The Morgan fingerprint density at radius 2 is 1.27 bits per heavy atom. The average molecular weight is 422 g/mol. The summed E-state index contributed by atoms with van der Waals surface area (Å²) in [6.45, 7) is 2.19. The summed E-state index contributed by atoms with van der Waals surface area (Å²) in [5.41, 5.74) is 9.88. The molecule has 0 fully saturated rings. The maximum Gasteiger partial charge on any atom is 0.199 e. The molecule has 2 aromatic rings. The number of nitrogens with zero attached hydrogens (tertiary/aromatic N) is 3. The fourth-order valence-electron chi connectivity index (χ4n) is 3.49. The summed E-state index contributed by atoms with van der Waals surface area (Å²) in [4.78, 5) is 4.29. The molecule has 0 saturated carbocycles. The van der Waals surface area contributed by atoms with Crippen molar-refractivity contribution < 1.29 is 17.0 Å². The van der Waals surface area contributed by atoms with Crippen molar-refractivity contribution in [3.8, 4) is 0 Å². The minimum atomic E-state index is 0. The lowest BCUT2D eigenvalue weighted by Gasteiger charge is -2.20. The van der Waals surface area contributed by atoms with Crippen molar-refractivity contribution in [1.29, 1.82) is 0 Å². The molecule has 0 spiro atoms. The van der Waals surface area contributed by atoms with Crippen molar-refractivity contribution in [1.82, 2.24) is 0 Å². The van der Waals surface area contributed by atoms with Crippen LogP contribution in [0.4, 0.5) is 11.4 Å². The highest BCUT2D eigenvalue weighted by Gasteiger charge is 2.16. The van der Waals surface area contributed by atoms with Gasteiger partial charge >= 0.3 is 0 Å². The van der Waals surface area contributed by atoms with E-state index in [0.29, 0.717) is 0 Å². The van der Waals surface area contributed by atoms with Crippen LogP contribution < -0.4 is 22.2 Å². The van der Waals surface area contributed by atoms with Crippen LogP contribution in [0.15, 0.2) is 72.3 Å². The number of rotatable bonds is 4. The summed E-state index contributed by atoms with van der Waals surface area (Å²) in [6.07, 6.45) is 8.84. The van der Waals surface area contributed by atoms with Gasteiger partial charge in [-0.25, -0.2) is 4.58 Å². The zero-order valence-electron chi connectivity index (χ0n) is 19.1. The van der Waals surface area contributed by atoms with E-state index in [1.54, 1.807) is 0 Å². The summed E-state index contributed by atoms with van der Waals surface area (Å²) >= 11 is 0. The minimum absolute atomic E-state index is 0. The van der Waals surface area contributed by atoms with Gasteiger partial charge in [0.15, 0.2) is 5.71 Å². The minimum Gasteiger partial charge on any atom is -1.00 e. The van der Waals surface area contributed by atoms with Gasteiger partial charge in [-0.2, -0.15) is 0 Å². The molecule has 0 amide bonds. The summed E-state index contributed by atoms with van der Waals surface area (Å²) < 4.78 is 2.13. The Morgan fingerprint density at radius 1 is 0.733 bits per heavy atom. The van der Waals surface area contributed by atoms with Crippen molar-refractivity contribution in [2.45, 2.75) is 6.92 Å². The molecule has 0 radical (unpaired) electrons. The molecule has 0 aromatic heterocycles. The molecule has 3 nitrogen and oxygen atoms in total. The first-order valence-electron chi connectivity index (χ1n) is 9.98. The zero-order valence-corrected chi connectivity index (χ0v) is 19.8. The number of anilines is 2. The van der Waals surface area contributed by atoms with Crippen LogP contribution in [-0.4, -0.2) is 52.6 Å². The van der Waals surface area contributed by atoms with Crippen LogP contribution in [0.2, 0.25) is 0 Å². The third-order valence-electron chi connectivity index (χ3n) is 5.35. The van der Waals surface area contributed by atoms with Crippen LogP contribution in [0, 0.1) is 6.92 Å². The van der Waals surface area contributed by atoms with Crippen LogP contribution in [0.1, 0.15) is 16.7 Å². The molecule has 4 heteroatoms. The highest BCUT2D eigenvalue weighted by atomic mass is 35.5. The van der Waals surface area contributed by atoms with Gasteiger partial charge in [0.05, 0.1) is 0 Å². The first-order valence-corrected chi connectivity index (χ1v) is 9.98. The Hall–Kier alpha value is -2.78.